The Bertz CT molecular complexity index is 329. The molecule has 0 aromatic heterocycles. The van der Waals surface area contributed by atoms with E-state index in [1.54, 1.807) is 0 Å². The number of rotatable bonds is 3. The molecule has 0 bridgehead atoms. The molecule has 1 aliphatic rings. The molecular weight excluding hydrogens is 236 g/mol. The molecule has 1 rings (SSSR count). The van der Waals surface area contributed by atoms with Crippen molar-refractivity contribution < 1.29 is 8.42 Å². The average molecular weight is 262 g/mol. The van der Waals surface area contributed by atoms with Crippen molar-refractivity contribution in [3.8, 4) is 0 Å². The summed E-state index contributed by atoms with van der Waals surface area (Å²) in [6.07, 6.45) is 2.40. The lowest BCUT2D eigenvalue weighted by Gasteiger charge is -2.35. The highest BCUT2D eigenvalue weighted by molar-refractivity contribution is 7.90. The van der Waals surface area contributed by atoms with Gasteiger partial charge in [-0.2, -0.15) is 0 Å². The minimum absolute atomic E-state index is 0.123. The van der Waals surface area contributed by atoms with Crippen LogP contribution in [0, 0.1) is 5.92 Å². The summed E-state index contributed by atoms with van der Waals surface area (Å²) < 4.78 is 22.7. The second kappa shape index (κ2) is 6.16. The van der Waals surface area contributed by atoms with Gasteiger partial charge in [-0.15, -0.1) is 0 Å². The second-order valence-electron chi connectivity index (χ2n) is 5.64. The third kappa shape index (κ3) is 5.84. The molecule has 5 heteroatoms. The summed E-state index contributed by atoms with van der Waals surface area (Å²) in [5, 5.41) is 3.50. The Labute approximate surface area is 106 Å². The standard InChI is InChI=1S/C12H26N2O2S/c1-10-7-13-11(2)5-6-14(8-10)12(3)9-17(4,15)16/h10-13H,5-9H2,1-4H3. The van der Waals surface area contributed by atoms with E-state index in [-0.39, 0.29) is 11.8 Å². The van der Waals surface area contributed by atoms with Crippen LogP contribution >= 0.6 is 0 Å². The fourth-order valence-electron chi connectivity index (χ4n) is 2.36. The third-order valence-corrected chi connectivity index (χ3v) is 4.47. The van der Waals surface area contributed by atoms with Crippen LogP contribution in [0.4, 0.5) is 0 Å². The number of hydrogen-bond donors (Lipinski definition) is 1. The van der Waals surface area contributed by atoms with Crippen LogP contribution in [0.1, 0.15) is 27.2 Å². The molecule has 1 heterocycles. The molecule has 102 valence electrons. The molecule has 0 amide bonds. The molecule has 0 spiro atoms. The Morgan fingerprint density at radius 1 is 1.41 bits per heavy atom. The largest absolute Gasteiger partial charge is 0.314 e. The first-order valence-electron chi connectivity index (χ1n) is 6.43. The summed E-state index contributed by atoms with van der Waals surface area (Å²) in [6, 6.07) is 0.642. The molecule has 1 N–H and O–H groups in total. The van der Waals surface area contributed by atoms with Gasteiger partial charge in [-0.3, -0.25) is 4.90 Å². The summed E-state index contributed by atoms with van der Waals surface area (Å²) in [5.74, 6) is 0.835. The quantitative estimate of drug-likeness (QED) is 0.815. The highest BCUT2D eigenvalue weighted by Gasteiger charge is 2.22. The Kier molecular flexibility index (Phi) is 5.41. The maximum atomic E-state index is 11.3. The van der Waals surface area contributed by atoms with Gasteiger partial charge in [0.1, 0.15) is 9.84 Å². The van der Waals surface area contributed by atoms with Gasteiger partial charge in [0.05, 0.1) is 5.75 Å². The van der Waals surface area contributed by atoms with E-state index in [0.717, 1.165) is 26.1 Å². The predicted molar refractivity (Wildman–Crippen MR) is 72.0 cm³/mol. The maximum Gasteiger partial charge on any atom is 0.148 e. The summed E-state index contributed by atoms with van der Waals surface area (Å²) in [5.41, 5.74) is 0. The zero-order valence-corrected chi connectivity index (χ0v) is 12.3. The van der Waals surface area contributed by atoms with Crippen LogP contribution in [0.3, 0.4) is 0 Å². The predicted octanol–water partition coefficient (Wildman–Crippen LogP) is 0.739. The van der Waals surface area contributed by atoms with Crippen molar-refractivity contribution in [3.05, 3.63) is 0 Å². The minimum Gasteiger partial charge on any atom is -0.314 e. The van der Waals surface area contributed by atoms with E-state index in [9.17, 15) is 8.42 Å². The summed E-state index contributed by atoms with van der Waals surface area (Å²) >= 11 is 0. The molecule has 0 aromatic rings. The van der Waals surface area contributed by atoms with E-state index in [0.29, 0.717) is 12.0 Å². The van der Waals surface area contributed by atoms with Gasteiger partial charge in [0.25, 0.3) is 0 Å². The molecule has 3 unspecified atom stereocenters. The van der Waals surface area contributed by atoms with E-state index in [2.05, 4.69) is 24.1 Å². The van der Waals surface area contributed by atoms with E-state index >= 15 is 0 Å². The van der Waals surface area contributed by atoms with Crippen LogP contribution in [0.25, 0.3) is 0 Å². The molecule has 0 aliphatic carbocycles. The SMILES string of the molecule is CC1CNC(C)CCN(C(C)CS(C)(=O)=O)C1. The highest BCUT2D eigenvalue weighted by atomic mass is 32.2. The number of sulfone groups is 1. The fourth-order valence-corrected chi connectivity index (χ4v) is 3.45. The lowest BCUT2D eigenvalue weighted by atomic mass is 10.1. The van der Waals surface area contributed by atoms with E-state index in [4.69, 9.17) is 0 Å². The Hall–Kier alpha value is -0.130. The van der Waals surface area contributed by atoms with Crippen molar-refractivity contribution in [2.75, 3.05) is 31.6 Å². The Morgan fingerprint density at radius 3 is 2.65 bits per heavy atom. The third-order valence-electron chi connectivity index (χ3n) is 3.38. The number of nitrogens with zero attached hydrogens (tertiary/aromatic N) is 1. The second-order valence-corrected chi connectivity index (χ2v) is 7.82. The molecule has 0 saturated carbocycles. The van der Waals surface area contributed by atoms with Crippen LogP contribution in [0.2, 0.25) is 0 Å². The lowest BCUT2D eigenvalue weighted by Crippen LogP contribution is -2.47. The van der Waals surface area contributed by atoms with Crippen LogP contribution < -0.4 is 5.32 Å². The normalized spacial score (nSPS) is 30.6. The number of hydrogen-bond acceptors (Lipinski definition) is 4. The Morgan fingerprint density at radius 2 is 2.06 bits per heavy atom. The highest BCUT2D eigenvalue weighted by Crippen LogP contribution is 2.11. The van der Waals surface area contributed by atoms with Gasteiger partial charge in [0.2, 0.25) is 0 Å². The Balaban J connectivity index is 2.60. The van der Waals surface area contributed by atoms with Gasteiger partial charge >= 0.3 is 0 Å². The van der Waals surface area contributed by atoms with Crippen molar-refractivity contribution in [2.45, 2.75) is 39.3 Å². The lowest BCUT2D eigenvalue weighted by molar-refractivity contribution is 0.166. The van der Waals surface area contributed by atoms with Crippen LogP contribution in [-0.2, 0) is 9.84 Å². The van der Waals surface area contributed by atoms with E-state index in [1.807, 2.05) is 6.92 Å². The van der Waals surface area contributed by atoms with Crippen molar-refractivity contribution in [2.24, 2.45) is 5.92 Å². The zero-order chi connectivity index (χ0) is 13.1. The van der Waals surface area contributed by atoms with Crippen molar-refractivity contribution >= 4 is 9.84 Å². The summed E-state index contributed by atoms with van der Waals surface area (Å²) in [4.78, 5) is 2.32. The first kappa shape index (κ1) is 14.9. The zero-order valence-electron chi connectivity index (χ0n) is 11.4. The van der Waals surface area contributed by atoms with Crippen LogP contribution in [-0.4, -0.2) is 57.0 Å². The van der Waals surface area contributed by atoms with Crippen molar-refractivity contribution in [1.82, 2.24) is 10.2 Å². The van der Waals surface area contributed by atoms with Crippen LogP contribution in [0.15, 0.2) is 0 Å². The summed E-state index contributed by atoms with van der Waals surface area (Å²) in [7, 11) is -2.88. The first-order valence-corrected chi connectivity index (χ1v) is 8.49. The maximum absolute atomic E-state index is 11.3. The molecule has 4 nitrogen and oxygen atoms in total. The van der Waals surface area contributed by atoms with Gasteiger partial charge in [-0.25, -0.2) is 8.42 Å². The smallest absolute Gasteiger partial charge is 0.148 e. The van der Waals surface area contributed by atoms with Gasteiger partial charge in [-0.1, -0.05) is 6.92 Å². The molecule has 1 fully saturated rings. The van der Waals surface area contributed by atoms with Gasteiger partial charge in [0, 0.05) is 24.9 Å². The molecule has 3 atom stereocenters. The first-order chi connectivity index (χ1) is 7.78. The van der Waals surface area contributed by atoms with E-state index < -0.39 is 9.84 Å². The molecule has 1 aliphatic heterocycles. The molecular formula is C12H26N2O2S. The van der Waals surface area contributed by atoms with Crippen LogP contribution in [0.5, 0.6) is 0 Å². The van der Waals surface area contributed by atoms with Crippen molar-refractivity contribution in [1.29, 1.82) is 0 Å². The average Bonchev–Trinajstić information content (AvgIpc) is 2.15. The minimum atomic E-state index is -2.88. The number of nitrogens with one attached hydrogen (secondary N) is 1. The molecule has 0 radical (unpaired) electrons. The molecule has 1 saturated heterocycles. The summed E-state index contributed by atoms with van der Waals surface area (Å²) in [6.45, 7) is 9.41. The van der Waals surface area contributed by atoms with Gasteiger partial charge in [-0.05, 0) is 39.3 Å². The van der Waals surface area contributed by atoms with E-state index in [1.165, 1.54) is 6.26 Å². The van der Waals surface area contributed by atoms with Gasteiger partial charge < -0.3 is 5.32 Å². The topological polar surface area (TPSA) is 49.4 Å². The molecule has 17 heavy (non-hydrogen) atoms. The molecule has 0 aromatic carbocycles. The van der Waals surface area contributed by atoms with Crippen molar-refractivity contribution in [3.63, 3.8) is 0 Å². The fraction of sp³-hybridized carbons (Fsp3) is 1.00. The van der Waals surface area contributed by atoms with Gasteiger partial charge in [0.15, 0.2) is 0 Å². The monoisotopic (exact) mass is 262 g/mol.